The molecular weight excluding hydrogens is 286 g/mol. The summed E-state index contributed by atoms with van der Waals surface area (Å²) in [5, 5.41) is 0. The van der Waals surface area contributed by atoms with E-state index < -0.39 is 0 Å². The Bertz CT molecular complexity index is 632. The number of likely N-dealkylation sites (N-methyl/N-ethyl adjacent to an activating group) is 1. The van der Waals surface area contributed by atoms with Crippen molar-refractivity contribution in [3.63, 3.8) is 0 Å². The lowest BCUT2D eigenvalue weighted by atomic mass is 10.2. The van der Waals surface area contributed by atoms with Crippen molar-refractivity contribution in [2.45, 2.75) is 20.3 Å². The smallest absolute Gasteiger partial charge is 0.250 e. The molecule has 2 aromatic rings. The molecule has 3 heteroatoms. The van der Waals surface area contributed by atoms with E-state index in [4.69, 9.17) is 4.74 Å². The van der Waals surface area contributed by atoms with E-state index >= 15 is 0 Å². The summed E-state index contributed by atoms with van der Waals surface area (Å²) in [5.41, 5.74) is 1.89. The zero-order valence-corrected chi connectivity index (χ0v) is 13.7. The molecule has 0 fully saturated rings. The molecule has 120 valence electrons. The molecule has 0 radical (unpaired) electrons. The topological polar surface area (TPSA) is 29.5 Å². The quantitative estimate of drug-likeness (QED) is 0.703. The van der Waals surface area contributed by atoms with Gasteiger partial charge in [-0.25, -0.2) is 0 Å². The van der Waals surface area contributed by atoms with Gasteiger partial charge in [-0.1, -0.05) is 37.3 Å². The van der Waals surface area contributed by atoms with Gasteiger partial charge in [0.25, 0.3) is 5.91 Å². The van der Waals surface area contributed by atoms with Crippen LogP contribution < -0.4 is 9.64 Å². The number of hydrogen-bond acceptors (Lipinski definition) is 2. The van der Waals surface area contributed by atoms with Crippen LogP contribution in [0.1, 0.15) is 25.8 Å². The highest BCUT2D eigenvalue weighted by Gasteiger charge is 2.09. The van der Waals surface area contributed by atoms with Crippen LogP contribution in [0.3, 0.4) is 0 Å². The molecule has 23 heavy (non-hydrogen) atoms. The van der Waals surface area contributed by atoms with Gasteiger partial charge in [0.2, 0.25) is 0 Å². The lowest BCUT2D eigenvalue weighted by molar-refractivity contribution is -0.114. The molecule has 0 bridgehead atoms. The molecule has 0 saturated heterocycles. The van der Waals surface area contributed by atoms with E-state index in [1.807, 2.05) is 67.6 Å². The molecule has 0 heterocycles. The molecule has 0 aliphatic rings. The third-order valence-corrected chi connectivity index (χ3v) is 3.42. The Kier molecular flexibility index (Phi) is 6.42. The maximum absolute atomic E-state index is 12.4. The van der Waals surface area contributed by atoms with E-state index in [-0.39, 0.29) is 5.91 Å². The van der Waals surface area contributed by atoms with Gasteiger partial charge >= 0.3 is 0 Å². The molecule has 0 saturated carbocycles. The first-order valence-electron chi connectivity index (χ1n) is 8.02. The molecule has 0 atom stereocenters. The van der Waals surface area contributed by atoms with Crippen LogP contribution in [0, 0.1) is 0 Å². The van der Waals surface area contributed by atoms with Crippen molar-refractivity contribution in [1.29, 1.82) is 0 Å². The van der Waals surface area contributed by atoms with Crippen LogP contribution in [0.5, 0.6) is 5.75 Å². The highest BCUT2D eigenvalue weighted by Crippen LogP contribution is 2.16. The molecule has 0 aromatic heterocycles. The van der Waals surface area contributed by atoms with Gasteiger partial charge in [0.15, 0.2) is 0 Å². The number of nitrogens with zero attached hydrogens (tertiary/aromatic N) is 1. The van der Waals surface area contributed by atoms with Crippen LogP contribution in [0.2, 0.25) is 0 Å². The lowest BCUT2D eigenvalue weighted by Crippen LogP contribution is -2.28. The minimum absolute atomic E-state index is 0.0231. The summed E-state index contributed by atoms with van der Waals surface area (Å²) in [6.07, 6.45) is 4.43. The predicted octanol–water partition coefficient (Wildman–Crippen LogP) is 4.54. The van der Waals surface area contributed by atoms with Crippen LogP contribution >= 0.6 is 0 Å². The monoisotopic (exact) mass is 309 g/mol. The lowest BCUT2D eigenvalue weighted by Gasteiger charge is -2.19. The summed E-state index contributed by atoms with van der Waals surface area (Å²) in [4.78, 5) is 14.1. The second-order valence-electron chi connectivity index (χ2n) is 5.17. The molecule has 2 aromatic carbocycles. The molecule has 1 amide bonds. The second-order valence-corrected chi connectivity index (χ2v) is 5.17. The Morgan fingerprint density at radius 1 is 1.04 bits per heavy atom. The summed E-state index contributed by atoms with van der Waals surface area (Å²) in [6.45, 7) is 5.40. The van der Waals surface area contributed by atoms with Crippen molar-refractivity contribution < 1.29 is 9.53 Å². The van der Waals surface area contributed by atoms with Gasteiger partial charge in [0, 0.05) is 18.3 Å². The minimum Gasteiger partial charge on any atom is -0.494 e. The second kappa shape index (κ2) is 8.79. The fourth-order valence-electron chi connectivity index (χ4n) is 2.23. The summed E-state index contributed by atoms with van der Waals surface area (Å²) in [5.74, 6) is 0.833. The summed E-state index contributed by atoms with van der Waals surface area (Å²) in [6, 6.07) is 17.4. The number of amides is 1. The number of rotatable bonds is 7. The van der Waals surface area contributed by atoms with Crippen LogP contribution in [-0.2, 0) is 4.79 Å². The van der Waals surface area contributed by atoms with Crippen molar-refractivity contribution in [3.05, 3.63) is 66.2 Å². The predicted molar refractivity (Wildman–Crippen MR) is 95.7 cm³/mol. The van der Waals surface area contributed by atoms with Gasteiger partial charge in [0.05, 0.1) is 6.61 Å². The van der Waals surface area contributed by atoms with E-state index in [0.717, 1.165) is 30.0 Å². The Morgan fingerprint density at radius 3 is 2.35 bits per heavy atom. The number of benzene rings is 2. The minimum atomic E-state index is -0.0231. The molecule has 0 N–H and O–H groups in total. The van der Waals surface area contributed by atoms with Gasteiger partial charge in [-0.3, -0.25) is 4.79 Å². The van der Waals surface area contributed by atoms with E-state index in [0.29, 0.717) is 6.54 Å². The van der Waals surface area contributed by atoms with Crippen molar-refractivity contribution in [2.24, 2.45) is 0 Å². The maximum atomic E-state index is 12.4. The highest BCUT2D eigenvalue weighted by atomic mass is 16.5. The fraction of sp³-hybridized carbons (Fsp3) is 0.250. The van der Waals surface area contributed by atoms with Gasteiger partial charge < -0.3 is 9.64 Å². The van der Waals surface area contributed by atoms with Crippen molar-refractivity contribution in [3.8, 4) is 5.75 Å². The molecule has 0 aliphatic heterocycles. The number of para-hydroxylation sites is 1. The van der Waals surface area contributed by atoms with Crippen LogP contribution in [0.15, 0.2) is 60.7 Å². The van der Waals surface area contributed by atoms with Crippen molar-refractivity contribution >= 4 is 17.7 Å². The standard InChI is InChI=1S/C20H23NO2/c1-3-16-23-19-13-10-17(11-14-19)12-15-20(22)21(4-2)18-8-6-5-7-9-18/h5-15H,3-4,16H2,1-2H3/b15-12+. The van der Waals surface area contributed by atoms with E-state index in [9.17, 15) is 4.79 Å². The Labute approximate surface area is 138 Å². The summed E-state index contributed by atoms with van der Waals surface area (Å²) in [7, 11) is 0. The Balaban J connectivity index is 2.02. The molecule has 0 aliphatic carbocycles. The maximum Gasteiger partial charge on any atom is 0.250 e. The van der Waals surface area contributed by atoms with Crippen molar-refractivity contribution in [2.75, 3.05) is 18.1 Å². The average molecular weight is 309 g/mol. The third kappa shape index (κ3) is 4.99. The zero-order chi connectivity index (χ0) is 16.5. The third-order valence-electron chi connectivity index (χ3n) is 3.42. The number of ether oxygens (including phenoxy) is 1. The Hall–Kier alpha value is -2.55. The first kappa shape index (κ1) is 16.8. The number of hydrogen-bond donors (Lipinski definition) is 0. The van der Waals surface area contributed by atoms with E-state index in [1.54, 1.807) is 11.0 Å². The first-order chi connectivity index (χ1) is 11.2. The van der Waals surface area contributed by atoms with Gasteiger partial charge in [0.1, 0.15) is 5.75 Å². The molecule has 2 rings (SSSR count). The van der Waals surface area contributed by atoms with E-state index in [1.165, 1.54) is 0 Å². The van der Waals surface area contributed by atoms with Crippen molar-refractivity contribution in [1.82, 2.24) is 0 Å². The molecule has 0 unspecified atom stereocenters. The molecule has 3 nitrogen and oxygen atoms in total. The molecular formula is C20H23NO2. The highest BCUT2D eigenvalue weighted by molar-refractivity contribution is 6.03. The zero-order valence-electron chi connectivity index (χ0n) is 13.7. The van der Waals surface area contributed by atoms with Gasteiger partial charge in [-0.2, -0.15) is 0 Å². The number of carbonyl (C=O) groups is 1. The summed E-state index contributed by atoms with van der Waals surface area (Å²) >= 11 is 0. The largest absolute Gasteiger partial charge is 0.494 e. The summed E-state index contributed by atoms with van der Waals surface area (Å²) < 4.78 is 5.55. The molecule has 0 spiro atoms. The van der Waals surface area contributed by atoms with Crippen LogP contribution in [0.4, 0.5) is 5.69 Å². The van der Waals surface area contributed by atoms with Gasteiger partial charge in [-0.05, 0) is 49.2 Å². The fourth-order valence-corrected chi connectivity index (χ4v) is 2.23. The normalized spacial score (nSPS) is 10.7. The van der Waals surface area contributed by atoms with Crippen LogP contribution in [0.25, 0.3) is 6.08 Å². The first-order valence-corrected chi connectivity index (χ1v) is 8.02. The van der Waals surface area contributed by atoms with Crippen LogP contribution in [-0.4, -0.2) is 19.1 Å². The van der Waals surface area contributed by atoms with E-state index in [2.05, 4.69) is 6.92 Å². The number of carbonyl (C=O) groups excluding carboxylic acids is 1. The Morgan fingerprint density at radius 2 is 1.74 bits per heavy atom. The average Bonchev–Trinajstić information content (AvgIpc) is 2.60. The SMILES string of the molecule is CCCOc1ccc(/C=C/C(=O)N(CC)c2ccccc2)cc1. The van der Waals surface area contributed by atoms with Gasteiger partial charge in [-0.15, -0.1) is 0 Å². The number of anilines is 1.